The number of carbonyl (C=O) groups excluding carboxylic acids is 1. The second-order valence-corrected chi connectivity index (χ2v) is 6.13. The van der Waals surface area contributed by atoms with Gasteiger partial charge in [-0.1, -0.05) is 17.7 Å². The van der Waals surface area contributed by atoms with Crippen molar-refractivity contribution in [1.29, 1.82) is 0 Å². The van der Waals surface area contributed by atoms with Crippen molar-refractivity contribution in [3.05, 3.63) is 56.3 Å². The van der Waals surface area contributed by atoms with E-state index >= 15 is 0 Å². The quantitative estimate of drug-likeness (QED) is 0.609. The normalized spacial score (nSPS) is 11.0. The van der Waals surface area contributed by atoms with Gasteiger partial charge in [0.05, 0.1) is 14.8 Å². The molecule has 90 valence electrons. The van der Waals surface area contributed by atoms with Gasteiger partial charge in [-0.05, 0) is 35.0 Å². The lowest BCUT2D eigenvalue weighted by Gasteiger charge is -1.93. The molecule has 0 spiro atoms. The standard InChI is InChI=1S/C13H6ClFOS2/c14-9-3-4-17-13(9)12(16)11-5-7-1-2-8(15)6-10(7)18-11/h1-6H. The zero-order valence-corrected chi connectivity index (χ0v) is 11.3. The molecule has 0 aliphatic rings. The Kier molecular flexibility index (Phi) is 2.93. The van der Waals surface area contributed by atoms with Crippen molar-refractivity contribution >= 4 is 50.1 Å². The van der Waals surface area contributed by atoms with Gasteiger partial charge in [0.25, 0.3) is 0 Å². The number of carbonyl (C=O) groups is 1. The number of fused-ring (bicyclic) bond motifs is 1. The van der Waals surface area contributed by atoms with Gasteiger partial charge in [-0.25, -0.2) is 4.39 Å². The SMILES string of the molecule is O=C(c1cc2ccc(F)cc2s1)c1sccc1Cl. The number of halogens is 2. The van der Waals surface area contributed by atoms with Crippen LogP contribution in [0.4, 0.5) is 4.39 Å². The van der Waals surface area contributed by atoms with Gasteiger partial charge >= 0.3 is 0 Å². The first-order valence-corrected chi connectivity index (χ1v) is 7.19. The molecule has 0 saturated heterocycles. The average molecular weight is 297 g/mol. The van der Waals surface area contributed by atoms with Crippen LogP contribution in [-0.2, 0) is 0 Å². The lowest BCUT2D eigenvalue weighted by Crippen LogP contribution is -1.95. The molecule has 0 amide bonds. The zero-order valence-electron chi connectivity index (χ0n) is 8.94. The van der Waals surface area contributed by atoms with E-state index in [0.717, 1.165) is 10.1 Å². The second-order valence-electron chi connectivity index (χ2n) is 3.72. The molecule has 0 bridgehead atoms. The van der Waals surface area contributed by atoms with E-state index in [1.807, 2.05) is 0 Å². The Bertz CT molecular complexity index is 744. The summed E-state index contributed by atoms with van der Waals surface area (Å²) in [5, 5.41) is 3.12. The number of thiophene rings is 2. The number of hydrogen-bond donors (Lipinski definition) is 0. The van der Waals surface area contributed by atoms with E-state index < -0.39 is 0 Å². The predicted molar refractivity (Wildman–Crippen MR) is 74.5 cm³/mol. The highest BCUT2D eigenvalue weighted by atomic mass is 35.5. The summed E-state index contributed by atoms with van der Waals surface area (Å²) >= 11 is 8.54. The lowest BCUT2D eigenvalue weighted by atomic mass is 10.2. The van der Waals surface area contributed by atoms with Crippen LogP contribution in [0.2, 0.25) is 5.02 Å². The first kappa shape index (κ1) is 11.8. The molecule has 0 atom stereocenters. The van der Waals surface area contributed by atoms with E-state index in [-0.39, 0.29) is 11.6 Å². The molecule has 0 aliphatic heterocycles. The van der Waals surface area contributed by atoms with Crippen molar-refractivity contribution in [2.24, 2.45) is 0 Å². The summed E-state index contributed by atoms with van der Waals surface area (Å²) in [6.07, 6.45) is 0. The minimum Gasteiger partial charge on any atom is -0.287 e. The van der Waals surface area contributed by atoms with Crippen molar-refractivity contribution < 1.29 is 9.18 Å². The Morgan fingerprint density at radius 1 is 1.22 bits per heavy atom. The Morgan fingerprint density at radius 2 is 2.06 bits per heavy atom. The summed E-state index contributed by atoms with van der Waals surface area (Å²) in [5.74, 6) is -0.394. The molecule has 1 nitrogen and oxygen atoms in total. The first-order chi connectivity index (χ1) is 8.65. The molecule has 2 heterocycles. The monoisotopic (exact) mass is 296 g/mol. The third kappa shape index (κ3) is 1.96. The van der Waals surface area contributed by atoms with Crippen LogP contribution < -0.4 is 0 Å². The summed E-state index contributed by atoms with van der Waals surface area (Å²) in [4.78, 5) is 13.3. The summed E-state index contributed by atoms with van der Waals surface area (Å²) in [6.45, 7) is 0. The van der Waals surface area contributed by atoms with Crippen LogP contribution in [0.1, 0.15) is 14.5 Å². The fraction of sp³-hybridized carbons (Fsp3) is 0. The fourth-order valence-electron chi connectivity index (χ4n) is 1.68. The van der Waals surface area contributed by atoms with Crippen LogP contribution in [0.3, 0.4) is 0 Å². The predicted octanol–water partition coefficient (Wildman–Crippen LogP) is 4.99. The third-order valence-electron chi connectivity index (χ3n) is 2.53. The topological polar surface area (TPSA) is 17.1 Å². The summed E-state index contributed by atoms with van der Waals surface area (Å²) in [7, 11) is 0. The molecule has 0 N–H and O–H groups in total. The largest absolute Gasteiger partial charge is 0.287 e. The maximum Gasteiger partial charge on any atom is 0.214 e. The summed E-state index contributed by atoms with van der Waals surface area (Å²) < 4.78 is 13.9. The van der Waals surface area contributed by atoms with Gasteiger partial charge in [0, 0.05) is 4.70 Å². The summed E-state index contributed by atoms with van der Waals surface area (Å²) in [6, 6.07) is 7.98. The number of ketones is 1. The van der Waals surface area contributed by atoms with Gasteiger partial charge in [0.2, 0.25) is 5.78 Å². The highest BCUT2D eigenvalue weighted by Gasteiger charge is 2.17. The Hall–Kier alpha value is -1.23. The fourth-order valence-corrected chi connectivity index (χ4v) is 3.88. The molecule has 0 fully saturated rings. The van der Waals surface area contributed by atoms with Crippen LogP contribution in [0.15, 0.2) is 35.7 Å². The maximum absolute atomic E-state index is 13.1. The van der Waals surface area contributed by atoms with Crippen molar-refractivity contribution in [2.45, 2.75) is 0 Å². The molecular weight excluding hydrogens is 291 g/mol. The first-order valence-electron chi connectivity index (χ1n) is 5.12. The van der Waals surface area contributed by atoms with Gasteiger partial charge in [-0.2, -0.15) is 0 Å². The Balaban J connectivity index is 2.10. The summed E-state index contributed by atoms with van der Waals surface area (Å²) in [5.41, 5.74) is 0. The minimum atomic E-state index is -0.294. The van der Waals surface area contributed by atoms with E-state index in [4.69, 9.17) is 11.6 Å². The highest BCUT2D eigenvalue weighted by Crippen LogP contribution is 2.31. The molecule has 3 rings (SSSR count). The lowest BCUT2D eigenvalue weighted by molar-refractivity contribution is 0.104. The van der Waals surface area contributed by atoms with Gasteiger partial charge in [0.15, 0.2) is 0 Å². The van der Waals surface area contributed by atoms with Crippen LogP contribution >= 0.6 is 34.3 Å². The van der Waals surface area contributed by atoms with Gasteiger partial charge in [0.1, 0.15) is 5.82 Å². The number of hydrogen-bond acceptors (Lipinski definition) is 3. The Morgan fingerprint density at radius 3 is 2.78 bits per heavy atom. The second kappa shape index (κ2) is 4.46. The Labute approximate surface area is 115 Å². The van der Waals surface area contributed by atoms with E-state index in [1.54, 1.807) is 23.6 Å². The van der Waals surface area contributed by atoms with Crippen LogP contribution in [0.5, 0.6) is 0 Å². The average Bonchev–Trinajstić information content (AvgIpc) is 2.93. The smallest absolute Gasteiger partial charge is 0.214 e. The minimum absolute atomic E-state index is 0.100. The number of benzene rings is 1. The van der Waals surface area contributed by atoms with E-state index in [2.05, 4.69) is 0 Å². The van der Waals surface area contributed by atoms with Gasteiger partial charge in [-0.15, -0.1) is 22.7 Å². The highest BCUT2D eigenvalue weighted by molar-refractivity contribution is 7.22. The third-order valence-corrected chi connectivity index (χ3v) is 4.97. The maximum atomic E-state index is 13.1. The molecule has 3 aromatic rings. The van der Waals surface area contributed by atoms with Crippen LogP contribution in [-0.4, -0.2) is 5.78 Å². The van der Waals surface area contributed by atoms with Gasteiger partial charge < -0.3 is 0 Å². The molecule has 0 aliphatic carbocycles. The molecule has 2 aromatic heterocycles. The molecule has 1 aromatic carbocycles. The van der Waals surface area contributed by atoms with Gasteiger partial charge in [-0.3, -0.25) is 4.79 Å². The molecule has 0 saturated carbocycles. The molecule has 18 heavy (non-hydrogen) atoms. The zero-order chi connectivity index (χ0) is 12.7. The van der Waals surface area contributed by atoms with Crippen LogP contribution in [0.25, 0.3) is 10.1 Å². The van der Waals surface area contributed by atoms with Crippen molar-refractivity contribution in [1.82, 2.24) is 0 Å². The molecule has 0 unspecified atom stereocenters. The van der Waals surface area contributed by atoms with E-state index in [0.29, 0.717) is 14.8 Å². The number of rotatable bonds is 2. The van der Waals surface area contributed by atoms with Crippen LogP contribution in [0, 0.1) is 5.82 Å². The molecular formula is C13H6ClFOS2. The molecule has 0 radical (unpaired) electrons. The van der Waals surface area contributed by atoms with Crippen molar-refractivity contribution in [3.8, 4) is 0 Å². The van der Waals surface area contributed by atoms with E-state index in [9.17, 15) is 9.18 Å². The van der Waals surface area contributed by atoms with Crippen molar-refractivity contribution in [2.75, 3.05) is 0 Å². The molecule has 5 heteroatoms. The van der Waals surface area contributed by atoms with E-state index in [1.165, 1.54) is 34.8 Å². The van der Waals surface area contributed by atoms with Crippen molar-refractivity contribution in [3.63, 3.8) is 0 Å².